The molecule has 1 aromatic heterocycles. The molecule has 0 spiro atoms. The first-order chi connectivity index (χ1) is 11.7. The highest BCUT2D eigenvalue weighted by Crippen LogP contribution is 2.29. The van der Waals surface area contributed by atoms with Gasteiger partial charge in [0, 0.05) is 49.7 Å². The van der Waals surface area contributed by atoms with Crippen molar-refractivity contribution >= 4 is 5.91 Å². The topological polar surface area (TPSA) is 49.3 Å². The number of hydrogen-bond donors (Lipinski definition) is 0. The average molecular weight is 328 g/mol. The summed E-state index contributed by atoms with van der Waals surface area (Å²) < 4.78 is 0. The SMILES string of the molecule is CN1CCC(c2ncc3c(n2)CCN(C(=O)C2CCCCC2)C3)C1. The molecular weight excluding hydrogens is 300 g/mol. The molecule has 0 aromatic carbocycles. The minimum atomic E-state index is 0.259. The molecule has 1 unspecified atom stereocenters. The van der Waals surface area contributed by atoms with Crippen LogP contribution >= 0.6 is 0 Å². The van der Waals surface area contributed by atoms with Gasteiger partial charge < -0.3 is 9.80 Å². The maximum atomic E-state index is 12.8. The number of likely N-dealkylation sites (tertiary alicyclic amines) is 1. The molecule has 5 heteroatoms. The highest BCUT2D eigenvalue weighted by molar-refractivity contribution is 5.79. The lowest BCUT2D eigenvalue weighted by atomic mass is 9.88. The van der Waals surface area contributed by atoms with E-state index in [0.29, 0.717) is 18.4 Å². The zero-order chi connectivity index (χ0) is 16.5. The third-order valence-corrected chi connectivity index (χ3v) is 5.98. The van der Waals surface area contributed by atoms with Crippen LogP contribution < -0.4 is 0 Å². The zero-order valence-corrected chi connectivity index (χ0v) is 14.7. The Labute approximate surface area is 144 Å². The van der Waals surface area contributed by atoms with E-state index in [0.717, 1.165) is 56.7 Å². The maximum Gasteiger partial charge on any atom is 0.225 e. The van der Waals surface area contributed by atoms with Crippen molar-refractivity contribution < 1.29 is 4.79 Å². The van der Waals surface area contributed by atoms with Crippen molar-refractivity contribution in [2.45, 2.75) is 57.4 Å². The number of carbonyl (C=O) groups excluding carboxylic acids is 1. The Balaban J connectivity index is 1.44. The largest absolute Gasteiger partial charge is 0.338 e. The normalized spacial score (nSPS) is 25.7. The number of amides is 1. The Morgan fingerprint density at radius 1 is 1.17 bits per heavy atom. The monoisotopic (exact) mass is 328 g/mol. The first-order valence-corrected chi connectivity index (χ1v) is 9.53. The summed E-state index contributed by atoms with van der Waals surface area (Å²) in [6.45, 7) is 3.72. The summed E-state index contributed by atoms with van der Waals surface area (Å²) in [4.78, 5) is 26.6. The second kappa shape index (κ2) is 6.79. The highest BCUT2D eigenvalue weighted by Gasteiger charge is 2.30. The molecule has 1 saturated heterocycles. The van der Waals surface area contributed by atoms with Crippen LogP contribution in [0.2, 0.25) is 0 Å². The zero-order valence-electron chi connectivity index (χ0n) is 14.7. The van der Waals surface area contributed by atoms with Crippen LogP contribution in [0.4, 0.5) is 0 Å². The predicted molar refractivity (Wildman–Crippen MR) is 92.6 cm³/mol. The van der Waals surface area contributed by atoms with Gasteiger partial charge in [-0.2, -0.15) is 0 Å². The molecule has 130 valence electrons. The van der Waals surface area contributed by atoms with E-state index in [4.69, 9.17) is 4.98 Å². The molecule has 3 heterocycles. The minimum absolute atomic E-state index is 0.259. The van der Waals surface area contributed by atoms with E-state index in [2.05, 4.69) is 16.9 Å². The number of nitrogens with zero attached hydrogens (tertiary/aromatic N) is 4. The van der Waals surface area contributed by atoms with Gasteiger partial charge in [0.1, 0.15) is 5.82 Å². The van der Waals surface area contributed by atoms with Crippen molar-refractivity contribution in [3.8, 4) is 0 Å². The van der Waals surface area contributed by atoms with E-state index in [9.17, 15) is 4.79 Å². The molecule has 1 amide bonds. The molecule has 4 rings (SSSR count). The standard InChI is InChI=1S/C19H28N4O/c1-22-9-7-15(12-22)18-20-11-16-13-23(10-8-17(16)21-18)19(24)14-5-3-2-4-6-14/h11,14-15H,2-10,12-13H2,1H3. The molecule has 24 heavy (non-hydrogen) atoms. The maximum absolute atomic E-state index is 12.8. The molecule has 2 aliphatic heterocycles. The fourth-order valence-corrected chi connectivity index (χ4v) is 4.47. The van der Waals surface area contributed by atoms with Crippen molar-refractivity contribution in [1.29, 1.82) is 0 Å². The summed E-state index contributed by atoms with van der Waals surface area (Å²) in [6, 6.07) is 0. The number of aromatic nitrogens is 2. The third-order valence-electron chi connectivity index (χ3n) is 5.98. The van der Waals surface area contributed by atoms with Gasteiger partial charge in [-0.05, 0) is 32.9 Å². The van der Waals surface area contributed by atoms with Crippen LogP contribution in [0.15, 0.2) is 6.20 Å². The van der Waals surface area contributed by atoms with E-state index in [1.807, 2.05) is 11.1 Å². The van der Waals surface area contributed by atoms with Crippen LogP contribution in [0, 0.1) is 5.92 Å². The van der Waals surface area contributed by atoms with Gasteiger partial charge in [0.15, 0.2) is 0 Å². The summed E-state index contributed by atoms with van der Waals surface area (Å²) in [5, 5.41) is 0. The summed E-state index contributed by atoms with van der Waals surface area (Å²) in [5.74, 6) is 2.10. The molecule has 1 aromatic rings. The Hall–Kier alpha value is -1.49. The van der Waals surface area contributed by atoms with Gasteiger partial charge in [-0.25, -0.2) is 9.97 Å². The smallest absolute Gasteiger partial charge is 0.225 e. The van der Waals surface area contributed by atoms with E-state index in [-0.39, 0.29) is 5.92 Å². The van der Waals surface area contributed by atoms with E-state index >= 15 is 0 Å². The van der Waals surface area contributed by atoms with Gasteiger partial charge in [0.05, 0.1) is 5.69 Å². The lowest BCUT2D eigenvalue weighted by Crippen LogP contribution is -2.40. The molecular formula is C19H28N4O. The molecule has 1 atom stereocenters. The molecule has 3 aliphatic rings. The number of likely N-dealkylation sites (N-methyl/N-ethyl adjacent to an activating group) is 1. The van der Waals surface area contributed by atoms with Gasteiger partial charge in [-0.15, -0.1) is 0 Å². The van der Waals surface area contributed by atoms with Crippen LogP contribution in [-0.2, 0) is 17.8 Å². The lowest BCUT2D eigenvalue weighted by Gasteiger charge is -2.32. The van der Waals surface area contributed by atoms with Gasteiger partial charge in [0.2, 0.25) is 5.91 Å². The van der Waals surface area contributed by atoms with Gasteiger partial charge in [-0.3, -0.25) is 4.79 Å². The fraction of sp³-hybridized carbons (Fsp3) is 0.737. The Kier molecular flexibility index (Phi) is 4.53. The van der Waals surface area contributed by atoms with Crippen molar-refractivity contribution in [2.24, 2.45) is 5.92 Å². The Bertz CT molecular complexity index is 611. The van der Waals surface area contributed by atoms with Crippen LogP contribution in [-0.4, -0.2) is 52.4 Å². The number of rotatable bonds is 2. The first kappa shape index (κ1) is 16.0. The predicted octanol–water partition coefficient (Wildman–Crippen LogP) is 2.36. The van der Waals surface area contributed by atoms with E-state index in [1.165, 1.54) is 25.0 Å². The molecule has 0 radical (unpaired) electrons. The van der Waals surface area contributed by atoms with Crippen molar-refractivity contribution in [2.75, 3.05) is 26.7 Å². The van der Waals surface area contributed by atoms with Crippen molar-refractivity contribution in [3.63, 3.8) is 0 Å². The lowest BCUT2D eigenvalue weighted by molar-refractivity contribution is -0.137. The summed E-state index contributed by atoms with van der Waals surface area (Å²) in [7, 11) is 2.16. The minimum Gasteiger partial charge on any atom is -0.338 e. The Morgan fingerprint density at radius 2 is 2.00 bits per heavy atom. The quantitative estimate of drug-likeness (QED) is 0.836. The van der Waals surface area contributed by atoms with E-state index < -0.39 is 0 Å². The second-order valence-corrected chi connectivity index (χ2v) is 7.79. The number of hydrogen-bond acceptors (Lipinski definition) is 4. The highest BCUT2D eigenvalue weighted by atomic mass is 16.2. The Morgan fingerprint density at radius 3 is 2.75 bits per heavy atom. The molecule has 1 aliphatic carbocycles. The van der Waals surface area contributed by atoms with Crippen molar-refractivity contribution in [3.05, 3.63) is 23.3 Å². The second-order valence-electron chi connectivity index (χ2n) is 7.79. The number of carbonyl (C=O) groups is 1. The summed E-state index contributed by atoms with van der Waals surface area (Å²) >= 11 is 0. The number of fused-ring (bicyclic) bond motifs is 1. The van der Waals surface area contributed by atoms with Crippen LogP contribution in [0.1, 0.15) is 61.5 Å². The van der Waals surface area contributed by atoms with Crippen LogP contribution in [0.5, 0.6) is 0 Å². The average Bonchev–Trinajstić information content (AvgIpc) is 3.07. The summed E-state index contributed by atoms with van der Waals surface area (Å²) in [6.07, 6.45) is 9.88. The third kappa shape index (κ3) is 3.18. The molecule has 0 N–H and O–H groups in total. The molecule has 1 saturated carbocycles. The fourth-order valence-electron chi connectivity index (χ4n) is 4.47. The van der Waals surface area contributed by atoms with Crippen LogP contribution in [0.3, 0.4) is 0 Å². The van der Waals surface area contributed by atoms with Gasteiger partial charge in [0.25, 0.3) is 0 Å². The van der Waals surface area contributed by atoms with Gasteiger partial charge >= 0.3 is 0 Å². The van der Waals surface area contributed by atoms with Gasteiger partial charge in [-0.1, -0.05) is 19.3 Å². The summed E-state index contributed by atoms with van der Waals surface area (Å²) in [5.41, 5.74) is 2.32. The first-order valence-electron chi connectivity index (χ1n) is 9.53. The van der Waals surface area contributed by atoms with E-state index in [1.54, 1.807) is 0 Å². The van der Waals surface area contributed by atoms with Crippen molar-refractivity contribution in [1.82, 2.24) is 19.8 Å². The van der Waals surface area contributed by atoms with Crippen LogP contribution in [0.25, 0.3) is 0 Å². The molecule has 0 bridgehead atoms. The molecule has 5 nitrogen and oxygen atoms in total. The molecule has 2 fully saturated rings.